The average molecular weight is 347 g/mol. The molecule has 0 spiro atoms. The largest absolute Gasteiger partial charge is 0.489 e. The van der Waals surface area contributed by atoms with Gasteiger partial charge in [-0.2, -0.15) is 0 Å². The predicted molar refractivity (Wildman–Crippen MR) is 95.5 cm³/mol. The van der Waals surface area contributed by atoms with Gasteiger partial charge in [-0.05, 0) is 29.8 Å². The van der Waals surface area contributed by atoms with Crippen molar-refractivity contribution in [2.45, 2.75) is 19.7 Å². The number of nitrogens with zero attached hydrogens (tertiary/aromatic N) is 3. The zero-order valence-electron chi connectivity index (χ0n) is 14.0. The first kappa shape index (κ1) is 16.1. The summed E-state index contributed by atoms with van der Waals surface area (Å²) in [6.07, 6.45) is 0.768. The molecule has 2 aromatic carbocycles. The maximum atomic E-state index is 11.1. The van der Waals surface area contributed by atoms with E-state index >= 15 is 0 Å². The van der Waals surface area contributed by atoms with E-state index in [0.29, 0.717) is 25.5 Å². The molecule has 6 nitrogen and oxygen atoms in total. The molecular formula is C20H17N3O3. The zero-order valence-corrected chi connectivity index (χ0v) is 14.0. The van der Waals surface area contributed by atoms with Gasteiger partial charge in [0.05, 0.1) is 18.8 Å². The third-order valence-corrected chi connectivity index (χ3v) is 4.29. The number of carbonyl (C=O) groups is 1. The molecule has 0 radical (unpaired) electrons. The lowest BCUT2D eigenvalue weighted by molar-refractivity contribution is 0.145. The van der Waals surface area contributed by atoms with Gasteiger partial charge in [0.2, 0.25) is 0 Å². The fourth-order valence-electron chi connectivity index (χ4n) is 2.87. The monoisotopic (exact) mass is 347 g/mol. The molecule has 2 heterocycles. The minimum absolute atomic E-state index is 0.304. The molecule has 0 aliphatic carbocycles. The third-order valence-electron chi connectivity index (χ3n) is 4.29. The molecule has 1 amide bonds. The van der Waals surface area contributed by atoms with Crippen LogP contribution in [0.15, 0.2) is 60.8 Å². The smallest absolute Gasteiger partial charge is 0.407 e. The lowest BCUT2D eigenvalue weighted by Crippen LogP contribution is -2.22. The van der Waals surface area contributed by atoms with Gasteiger partial charge in [0, 0.05) is 17.3 Å². The van der Waals surface area contributed by atoms with Crippen molar-refractivity contribution < 1.29 is 14.6 Å². The van der Waals surface area contributed by atoms with E-state index < -0.39 is 6.09 Å². The summed E-state index contributed by atoms with van der Waals surface area (Å²) < 4.78 is 5.78. The maximum Gasteiger partial charge on any atom is 0.407 e. The summed E-state index contributed by atoms with van der Waals surface area (Å²) >= 11 is 0. The summed E-state index contributed by atoms with van der Waals surface area (Å²) in [6, 6.07) is 17.6. The van der Waals surface area contributed by atoms with Gasteiger partial charge < -0.3 is 9.84 Å². The minimum Gasteiger partial charge on any atom is -0.489 e. The number of carboxylic acid groups (broad SMARTS) is 1. The molecule has 4 rings (SSSR count). The van der Waals surface area contributed by atoms with Crippen LogP contribution in [0.25, 0.3) is 11.4 Å². The molecule has 1 aliphatic rings. The van der Waals surface area contributed by atoms with E-state index in [-0.39, 0.29) is 0 Å². The second-order valence-electron chi connectivity index (χ2n) is 6.10. The zero-order chi connectivity index (χ0) is 17.9. The number of benzene rings is 2. The molecule has 3 aromatic rings. The standard InChI is InChI=1S/C20H17N3O3/c24-20(25)23-11-16-10-21-19(22-18(16)12-23)15-6-8-17(9-7-15)26-13-14-4-2-1-3-5-14/h1-10H,11-13H2,(H,24,25). The van der Waals surface area contributed by atoms with Crippen molar-refractivity contribution in [1.29, 1.82) is 0 Å². The Kier molecular flexibility index (Phi) is 4.23. The lowest BCUT2D eigenvalue weighted by Gasteiger charge is -2.08. The molecule has 0 fully saturated rings. The highest BCUT2D eigenvalue weighted by Gasteiger charge is 2.24. The van der Waals surface area contributed by atoms with E-state index in [1.165, 1.54) is 4.90 Å². The normalized spacial score (nSPS) is 12.7. The van der Waals surface area contributed by atoms with Crippen molar-refractivity contribution in [2.24, 2.45) is 0 Å². The van der Waals surface area contributed by atoms with Gasteiger partial charge in [-0.1, -0.05) is 30.3 Å². The summed E-state index contributed by atoms with van der Waals surface area (Å²) in [4.78, 5) is 21.3. The topological polar surface area (TPSA) is 75.5 Å². The van der Waals surface area contributed by atoms with Gasteiger partial charge in [0.1, 0.15) is 12.4 Å². The van der Waals surface area contributed by atoms with Crippen molar-refractivity contribution in [3.8, 4) is 17.1 Å². The van der Waals surface area contributed by atoms with Crippen LogP contribution >= 0.6 is 0 Å². The van der Waals surface area contributed by atoms with E-state index in [4.69, 9.17) is 9.84 Å². The van der Waals surface area contributed by atoms with Crippen LogP contribution in [0.4, 0.5) is 4.79 Å². The van der Waals surface area contributed by atoms with Crippen molar-refractivity contribution >= 4 is 6.09 Å². The Morgan fingerprint density at radius 3 is 2.58 bits per heavy atom. The molecule has 0 unspecified atom stereocenters. The van der Waals surface area contributed by atoms with Crippen LogP contribution in [0.1, 0.15) is 16.8 Å². The van der Waals surface area contributed by atoms with E-state index in [1.807, 2.05) is 54.6 Å². The molecule has 26 heavy (non-hydrogen) atoms. The molecule has 0 bridgehead atoms. The van der Waals surface area contributed by atoms with Gasteiger partial charge in [0.25, 0.3) is 0 Å². The molecule has 0 saturated carbocycles. The van der Waals surface area contributed by atoms with Crippen LogP contribution in [0.3, 0.4) is 0 Å². The van der Waals surface area contributed by atoms with Crippen LogP contribution in [-0.2, 0) is 19.7 Å². The Hall–Kier alpha value is -3.41. The van der Waals surface area contributed by atoms with Crippen molar-refractivity contribution in [3.63, 3.8) is 0 Å². The number of amides is 1. The molecule has 0 atom stereocenters. The Morgan fingerprint density at radius 1 is 1.08 bits per heavy atom. The maximum absolute atomic E-state index is 11.1. The highest BCUT2D eigenvalue weighted by Crippen LogP contribution is 2.25. The fourth-order valence-corrected chi connectivity index (χ4v) is 2.87. The first-order valence-corrected chi connectivity index (χ1v) is 8.29. The number of fused-ring (bicyclic) bond motifs is 1. The van der Waals surface area contributed by atoms with Crippen LogP contribution in [0.5, 0.6) is 5.75 Å². The van der Waals surface area contributed by atoms with E-state index in [2.05, 4.69) is 9.97 Å². The molecule has 1 aromatic heterocycles. The molecule has 6 heteroatoms. The Balaban J connectivity index is 1.46. The quantitative estimate of drug-likeness (QED) is 0.778. The predicted octanol–water partition coefficient (Wildman–Crippen LogP) is 3.72. The summed E-state index contributed by atoms with van der Waals surface area (Å²) in [6.45, 7) is 1.16. The highest BCUT2D eigenvalue weighted by molar-refractivity contribution is 5.66. The van der Waals surface area contributed by atoms with Crippen LogP contribution < -0.4 is 4.74 Å². The van der Waals surface area contributed by atoms with Gasteiger partial charge in [0.15, 0.2) is 5.82 Å². The molecule has 0 saturated heterocycles. The fraction of sp³-hybridized carbons (Fsp3) is 0.150. The molecular weight excluding hydrogens is 330 g/mol. The second-order valence-corrected chi connectivity index (χ2v) is 6.10. The van der Waals surface area contributed by atoms with Crippen molar-refractivity contribution in [2.75, 3.05) is 0 Å². The molecule has 1 N–H and O–H groups in total. The summed E-state index contributed by atoms with van der Waals surface area (Å²) in [7, 11) is 0. The second kappa shape index (κ2) is 6.84. The number of hydrogen-bond donors (Lipinski definition) is 1. The first-order valence-electron chi connectivity index (χ1n) is 8.29. The van der Waals surface area contributed by atoms with E-state index in [9.17, 15) is 4.79 Å². The average Bonchev–Trinajstić information content (AvgIpc) is 3.11. The Bertz CT molecular complexity index is 927. The SMILES string of the molecule is O=C(O)N1Cc2cnc(-c3ccc(OCc4ccccc4)cc3)nc2C1. The van der Waals surface area contributed by atoms with Gasteiger partial charge >= 0.3 is 6.09 Å². The Labute approximate surface area is 150 Å². The van der Waals surface area contributed by atoms with Crippen LogP contribution in [-0.4, -0.2) is 26.1 Å². The van der Waals surface area contributed by atoms with Gasteiger partial charge in [-0.25, -0.2) is 14.8 Å². The van der Waals surface area contributed by atoms with E-state index in [0.717, 1.165) is 28.1 Å². The van der Waals surface area contributed by atoms with E-state index in [1.54, 1.807) is 6.20 Å². The first-order chi connectivity index (χ1) is 12.7. The van der Waals surface area contributed by atoms with Gasteiger partial charge in [-0.15, -0.1) is 0 Å². The molecule has 130 valence electrons. The summed E-state index contributed by atoms with van der Waals surface area (Å²) in [5.41, 5.74) is 3.61. The summed E-state index contributed by atoms with van der Waals surface area (Å²) in [5, 5.41) is 9.10. The number of ether oxygens (including phenoxy) is 1. The lowest BCUT2D eigenvalue weighted by atomic mass is 10.2. The van der Waals surface area contributed by atoms with Crippen molar-refractivity contribution in [1.82, 2.24) is 14.9 Å². The van der Waals surface area contributed by atoms with Crippen molar-refractivity contribution in [3.05, 3.63) is 77.6 Å². The van der Waals surface area contributed by atoms with Gasteiger partial charge in [-0.3, -0.25) is 4.90 Å². The number of hydrogen-bond acceptors (Lipinski definition) is 4. The summed E-state index contributed by atoms with van der Waals surface area (Å²) in [5.74, 6) is 1.36. The highest BCUT2D eigenvalue weighted by atomic mass is 16.5. The van der Waals surface area contributed by atoms with Crippen LogP contribution in [0, 0.1) is 0 Å². The Morgan fingerprint density at radius 2 is 1.85 bits per heavy atom. The third kappa shape index (κ3) is 3.35. The number of rotatable bonds is 4. The van der Waals surface area contributed by atoms with Crippen LogP contribution in [0.2, 0.25) is 0 Å². The number of aromatic nitrogens is 2. The molecule has 1 aliphatic heterocycles. The minimum atomic E-state index is -0.940.